The summed E-state index contributed by atoms with van der Waals surface area (Å²) in [6.07, 6.45) is 0. The van der Waals surface area contributed by atoms with Gasteiger partial charge in [-0.3, -0.25) is 14.9 Å². The maximum Gasteiger partial charge on any atom is 0.269 e. The van der Waals surface area contributed by atoms with E-state index in [1.165, 1.54) is 23.1 Å². The van der Waals surface area contributed by atoms with Crippen LogP contribution in [0.15, 0.2) is 40.9 Å². The first-order valence-corrected chi connectivity index (χ1v) is 7.98. The zero-order chi connectivity index (χ0) is 17.1. The van der Waals surface area contributed by atoms with Gasteiger partial charge in [-0.25, -0.2) is 0 Å². The summed E-state index contributed by atoms with van der Waals surface area (Å²) < 4.78 is 0.729. The maximum absolute atomic E-state index is 12.5. The maximum atomic E-state index is 12.5. The van der Waals surface area contributed by atoms with Crippen molar-refractivity contribution in [3.63, 3.8) is 0 Å². The number of nitrogens with zero attached hydrogens (tertiary/aromatic N) is 2. The molecule has 1 amide bonds. The molecule has 120 valence electrons. The highest BCUT2D eigenvalue weighted by Crippen LogP contribution is 2.26. The minimum absolute atomic E-state index is 0.0780. The van der Waals surface area contributed by atoms with E-state index in [0.29, 0.717) is 21.2 Å². The second kappa shape index (κ2) is 7.29. The number of halogens is 3. The lowest BCUT2D eigenvalue weighted by Gasteiger charge is -2.19. The zero-order valence-corrected chi connectivity index (χ0v) is 15.0. The standard InChI is InChI=1S/C15H11BrCl2N2O3/c1-19(15(21)12-7-10(16)2-4-14(12)18)8-9-6-11(20(22)23)3-5-13(9)17/h2-7H,8H2,1H3. The lowest BCUT2D eigenvalue weighted by molar-refractivity contribution is -0.384. The SMILES string of the molecule is CN(Cc1cc([N+](=O)[O-])ccc1Cl)C(=O)c1cc(Br)ccc1Cl. The smallest absolute Gasteiger partial charge is 0.269 e. The molecule has 8 heteroatoms. The fourth-order valence-electron chi connectivity index (χ4n) is 1.99. The van der Waals surface area contributed by atoms with Crippen molar-refractivity contribution < 1.29 is 9.72 Å². The van der Waals surface area contributed by atoms with Crippen molar-refractivity contribution in [1.29, 1.82) is 0 Å². The molecule has 5 nitrogen and oxygen atoms in total. The van der Waals surface area contributed by atoms with Crippen LogP contribution in [0, 0.1) is 10.1 Å². The molecule has 0 aliphatic heterocycles. The van der Waals surface area contributed by atoms with Gasteiger partial charge in [0.25, 0.3) is 11.6 Å². The number of carbonyl (C=O) groups excluding carboxylic acids is 1. The van der Waals surface area contributed by atoms with E-state index in [9.17, 15) is 14.9 Å². The zero-order valence-electron chi connectivity index (χ0n) is 11.9. The third-order valence-electron chi connectivity index (χ3n) is 3.15. The number of non-ortho nitro benzene ring substituents is 1. The van der Waals surface area contributed by atoms with E-state index < -0.39 is 4.92 Å². The number of nitro benzene ring substituents is 1. The van der Waals surface area contributed by atoms with Crippen molar-refractivity contribution >= 4 is 50.7 Å². The average molecular weight is 418 g/mol. The van der Waals surface area contributed by atoms with Crippen LogP contribution >= 0.6 is 39.1 Å². The van der Waals surface area contributed by atoms with Gasteiger partial charge in [0, 0.05) is 35.2 Å². The largest absolute Gasteiger partial charge is 0.337 e. The van der Waals surface area contributed by atoms with E-state index in [2.05, 4.69) is 15.9 Å². The highest BCUT2D eigenvalue weighted by Gasteiger charge is 2.18. The van der Waals surface area contributed by atoms with E-state index in [1.54, 1.807) is 25.2 Å². The fraction of sp³-hybridized carbons (Fsp3) is 0.133. The lowest BCUT2D eigenvalue weighted by Crippen LogP contribution is -2.26. The number of rotatable bonds is 4. The molecule has 0 aliphatic rings. The summed E-state index contributed by atoms with van der Waals surface area (Å²) in [5.74, 6) is -0.307. The summed E-state index contributed by atoms with van der Waals surface area (Å²) in [5.41, 5.74) is 0.749. The predicted molar refractivity (Wildman–Crippen MR) is 93.1 cm³/mol. The van der Waals surface area contributed by atoms with Crippen LogP contribution in [-0.4, -0.2) is 22.8 Å². The Labute approximate surface area is 151 Å². The van der Waals surface area contributed by atoms with Crippen molar-refractivity contribution in [2.24, 2.45) is 0 Å². The summed E-state index contributed by atoms with van der Waals surface area (Å²) in [4.78, 5) is 24.2. The second-order valence-electron chi connectivity index (χ2n) is 4.82. The van der Waals surface area contributed by atoms with Gasteiger partial charge in [0.1, 0.15) is 0 Å². The molecule has 0 aliphatic carbocycles. The molecule has 2 rings (SSSR count). The molecule has 0 unspecified atom stereocenters. The first-order chi connectivity index (χ1) is 10.8. The summed E-state index contributed by atoms with van der Waals surface area (Å²) in [6, 6.07) is 9.09. The van der Waals surface area contributed by atoms with E-state index in [4.69, 9.17) is 23.2 Å². The molecule has 0 spiro atoms. The van der Waals surface area contributed by atoms with Crippen molar-refractivity contribution in [1.82, 2.24) is 4.90 Å². The molecule has 0 heterocycles. The van der Waals surface area contributed by atoms with Crippen LogP contribution in [0.1, 0.15) is 15.9 Å². The van der Waals surface area contributed by atoms with E-state index in [-0.39, 0.29) is 18.1 Å². The summed E-state index contributed by atoms with van der Waals surface area (Å²) in [6.45, 7) is 0.127. The number of carbonyl (C=O) groups is 1. The van der Waals surface area contributed by atoms with Crippen LogP contribution in [0.5, 0.6) is 0 Å². The molecular weight excluding hydrogens is 407 g/mol. The lowest BCUT2D eigenvalue weighted by atomic mass is 10.1. The molecule has 2 aromatic carbocycles. The number of hydrogen-bond acceptors (Lipinski definition) is 3. The summed E-state index contributed by atoms with van der Waals surface area (Å²) in [7, 11) is 1.58. The first-order valence-electron chi connectivity index (χ1n) is 6.43. The Hall–Kier alpha value is -1.63. The highest BCUT2D eigenvalue weighted by atomic mass is 79.9. The van der Waals surface area contributed by atoms with Crippen LogP contribution in [-0.2, 0) is 6.54 Å². The average Bonchev–Trinajstić information content (AvgIpc) is 2.50. The predicted octanol–water partition coefficient (Wildman–Crippen LogP) is 4.94. The third kappa shape index (κ3) is 4.22. The second-order valence-corrected chi connectivity index (χ2v) is 6.55. The molecule has 0 saturated carbocycles. The molecule has 0 radical (unpaired) electrons. The molecular formula is C15H11BrCl2N2O3. The number of hydrogen-bond donors (Lipinski definition) is 0. The minimum atomic E-state index is -0.507. The molecule has 0 bridgehead atoms. The Morgan fingerprint density at radius 3 is 2.52 bits per heavy atom. The fourth-order valence-corrected chi connectivity index (χ4v) is 2.73. The van der Waals surface area contributed by atoms with Crippen molar-refractivity contribution in [2.45, 2.75) is 6.54 Å². The number of amides is 1. The molecule has 23 heavy (non-hydrogen) atoms. The molecule has 0 atom stereocenters. The quantitative estimate of drug-likeness (QED) is 0.522. The van der Waals surface area contributed by atoms with Crippen molar-refractivity contribution in [3.05, 3.63) is 72.2 Å². The van der Waals surface area contributed by atoms with E-state index in [0.717, 1.165) is 4.47 Å². The molecule has 2 aromatic rings. The number of nitro groups is 1. The van der Waals surface area contributed by atoms with Crippen molar-refractivity contribution in [2.75, 3.05) is 7.05 Å². The van der Waals surface area contributed by atoms with E-state index in [1.807, 2.05) is 0 Å². The normalized spacial score (nSPS) is 10.4. The highest BCUT2D eigenvalue weighted by molar-refractivity contribution is 9.10. The van der Waals surface area contributed by atoms with Gasteiger partial charge in [-0.15, -0.1) is 0 Å². The summed E-state index contributed by atoms with van der Waals surface area (Å²) >= 11 is 15.4. The van der Waals surface area contributed by atoms with Crippen molar-refractivity contribution in [3.8, 4) is 0 Å². The number of benzene rings is 2. The monoisotopic (exact) mass is 416 g/mol. The third-order valence-corrected chi connectivity index (χ3v) is 4.34. The van der Waals surface area contributed by atoms with Crippen LogP contribution < -0.4 is 0 Å². The Morgan fingerprint density at radius 2 is 1.87 bits per heavy atom. The summed E-state index contributed by atoms with van der Waals surface area (Å²) in [5, 5.41) is 11.5. The molecule has 0 saturated heterocycles. The van der Waals surface area contributed by atoms with Gasteiger partial charge in [0.2, 0.25) is 0 Å². The van der Waals surface area contributed by atoms with Gasteiger partial charge < -0.3 is 4.90 Å². The van der Waals surface area contributed by atoms with Gasteiger partial charge in [0.15, 0.2) is 0 Å². The minimum Gasteiger partial charge on any atom is -0.337 e. The first kappa shape index (κ1) is 17.7. The topological polar surface area (TPSA) is 63.4 Å². The van der Waals surface area contributed by atoms with E-state index >= 15 is 0 Å². The van der Waals surface area contributed by atoms with Crippen LogP contribution in [0.4, 0.5) is 5.69 Å². The van der Waals surface area contributed by atoms with Crippen LogP contribution in [0.25, 0.3) is 0 Å². The Balaban J connectivity index is 2.26. The van der Waals surface area contributed by atoms with Gasteiger partial charge in [-0.1, -0.05) is 39.1 Å². The molecule has 0 N–H and O–H groups in total. The van der Waals surface area contributed by atoms with Crippen LogP contribution in [0.2, 0.25) is 10.0 Å². The van der Waals surface area contributed by atoms with Crippen LogP contribution in [0.3, 0.4) is 0 Å². The van der Waals surface area contributed by atoms with Gasteiger partial charge in [-0.05, 0) is 29.8 Å². The van der Waals surface area contributed by atoms with Gasteiger partial charge >= 0.3 is 0 Å². The Morgan fingerprint density at radius 1 is 1.22 bits per heavy atom. The Bertz CT molecular complexity index is 783. The Kier molecular flexibility index (Phi) is 5.62. The molecule has 0 fully saturated rings. The van der Waals surface area contributed by atoms with Gasteiger partial charge in [-0.2, -0.15) is 0 Å². The van der Waals surface area contributed by atoms with Gasteiger partial charge in [0.05, 0.1) is 15.5 Å². The molecule has 0 aromatic heterocycles.